The quantitative estimate of drug-likeness (QED) is 0.488. The number of aromatic nitrogens is 5. The molecule has 10 heteroatoms. The molecule has 4 rings (SSSR count). The van der Waals surface area contributed by atoms with Crippen LogP contribution in [0.3, 0.4) is 0 Å². The first-order valence-corrected chi connectivity index (χ1v) is 9.30. The van der Waals surface area contributed by atoms with Crippen LogP contribution in [0, 0.1) is 5.82 Å². The highest BCUT2D eigenvalue weighted by molar-refractivity contribution is 6.30. The van der Waals surface area contributed by atoms with Gasteiger partial charge in [-0.25, -0.2) is 18.7 Å². The third kappa shape index (κ3) is 5.00. The number of rotatable bonds is 7. The standard InChI is InChI=1S/C20H16ClFN6O2/c21-15-4-6-17(7-5-15)30-13-27-9-8-18(25-27)19(29)24-20-23-12-28(26-20)11-14-2-1-3-16(22)10-14/h1-10,12H,11,13H2,(H,24,26,29). The Hall–Kier alpha value is -3.72. The number of amides is 1. The second kappa shape index (κ2) is 8.75. The van der Waals surface area contributed by atoms with Crippen molar-refractivity contribution in [3.63, 3.8) is 0 Å². The van der Waals surface area contributed by atoms with Crippen molar-refractivity contribution >= 4 is 23.5 Å². The topological polar surface area (TPSA) is 86.9 Å². The molecule has 8 nitrogen and oxygen atoms in total. The van der Waals surface area contributed by atoms with Crippen LogP contribution in [0.4, 0.5) is 10.3 Å². The van der Waals surface area contributed by atoms with Gasteiger partial charge in [-0.3, -0.25) is 10.1 Å². The first-order chi connectivity index (χ1) is 14.5. The van der Waals surface area contributed by atoms with E-state index in [0.717, 1.165) is 5.56 Å². The van der Waals surface area contributed by atoms with E-state index in [4.69, 9.17) is 16.3 Å². The van der Waals surface area contributed by atoms with E-state index >= 15 is 0 Å². The number of nitrogens with zero attached hydrogens (tertiary/aromatic N) is 5. The van der Waals surface area contributed by atoms with Crippen molar-refractivity contribution in [3.8, 4) is 5.75 Å². The largest absolute Gasteiger partial charge is 0.471 e. The number of ether oxygens (including phenoxy) is 1. The number of carbonyl (C=O) groups is 1. The lowest BCUT2D eigenvalue weighted by atomic mass is 10.2. The highest BCUT2D eigenvalue weighted by Crippen LogP contribution is 2.16. The maximum atomic E-state index is 13.3. The number of carbonyl (C=O) groups excluding carboxylic acids is 1. The summed E-state index contributed by atoms with van der Waals surface area (Å²) in [5, 5.41) is 11.5. The fourth-order valence-electron chi connectivity index (χ4n) is 2.64. The van der Waals surface area contributed by atoms with E-state index in [1.807, 2.05) is 0 Å². The summed E-state index contributed by atoms with van der Waals surface area (Å²) in [6.07, 6.45) is 3.08. The first kappa shape index (κ1) is 19.6. The van der Waals surface area contributed by atoms with Crippen LogP contribution in [0.15, 0.2) is 67.1 Å². The maximum absolute atomic E-state index is 13.3. The lowest BCUT2D eigenvalue weighted by molar-refractivity contribution is 0.101. The lowest BCUT2D eigenvalue weighted by Gasteiger charge is -2.05. The molecule has 0 spiro atoms. The minimum atomic E-state index is -0.455. The normalized spacial score (nSPS) is 10.7. The van der Waals surface area contributed by atoms with Gasteiger partial charge in [-0.05, 0) is 48.0 Å². The molecule has 0 saturated carbocycles. The van der Waals surface area contributed by atoms with Gasteiger partial charge in [0.05, 0.1) is 6.54 Å². The Bertz CT molecular complexity index is 1160. The zero-order valence-corrected chi connectivity index (χ0v) is 16.3. The van der Waals surface area contributed by atoms with Gasteiger partial charge in [0.25, 0.3) is 5.91 Å². The Morgan fingerprint density at radius 2 is 1.93 bits per heavy atom. The molecule has 30 heavy (non-hydrogen) atoms. The Balaban J connectivity index is 1.33. The smallest absolute Gasteiger partial charge is 0.278 e. The zero-order valence-electron chi connectivity index (χ0n) is 15.6. The molecular weight excluding hydrogens is 411 g/mol. The predicted octanol–water partition coefficient (Wildman–Crippen LogP) is 3.60. The van der Waals surface area contributed by atoms with E-state index in [1.165, 1.54) is 27.8 Å². The van der Waals surface area contributed by atoms with Crippen molar-refractivity contribution in [3.05, 3.63) is 89.2 Å². The summed E-state index contributed by atoms with van der Waals surface area (Å²) in [6, 6.07) is 14.7. The van der Waals surface area contributed by atoms with Gasteiger partial charge in [0.1, 0.15) is 17.9 Å². The van der Waals surface area contributed by atoms with E-state index in [2.05, 4.69) is 20.5 Å². The van der Waals surface area contributed by atoms with Crippen LogP contribution in [0.2, 0.25) is 5.02 Å². The van der Waals surface area contributed by atoms with Crippen LogP contribution in [-0.2, 0) is 13.3 Å². The molecule has 0 radical (unpaired) electrons. The number of anilines is 1. The average Bonchev–Trinajstić information content (AvgIpc) is 3.37. The van der Waals surface area contributed by atoms with Gasteiger partial charge in [-0.15, -0.1) is 5.10 Å². The van der Waals surface area contributed by atoms with Crippen LogP contribution in [0.25, 0.3) is 0 Å². The SMILES string of the molecule is O=C(Nc1ncn(Cc2cccc(F)c2)n1)c1ccn(COc2ccc(Cl)cc2)n1. The molecule has 0 unspecified atom stereocenters. The monoisotopic (exact) mass is 426 g/mol. The number of hydrogen-bond acceptors (Lipinski definition) is 5. The van der Waals surface area contributed by atoms with Crippen molar-refractivity contribution in [2.45, 2.75) is 13.3 Å². The molecular formula is C20H16ClFN6O2. The number of benzene rings is 2. The van der Waals surface area contributed by atoms with Crippen LogP contribution in [-0.4, -0.2) is 30.5 Å². The van der Waals surface area contributed by atoms with Gasteiger partial charge < -0.3 is 4.74 Å². The predicted molar refractivity (Wildman–Crippen MR) is 108 cm³/mol. The Kier molecular flexibility index (Phi) is 5.71. The molecule has 0 fully saturated rings. The minimum absolute atomic E-state index is 0.128. The summed E-state index contributed by atoms with van der Waals surface area (Å²) in [5.41, 5.74) is 0.924. The summed E-state index contributed by atoms with van der Waals surface area (Å²) in [6.45, 7) is 0.465. The Morgan fingerprint density at radius 3 is 2.73 bits per heavy atom. The van der Waals surface area contributed by atoms with E-state index in [0.29, 0.717) is 17.3 Å². The number of hydrogen-bond donors (Lipinski definition) is 1. The van der Waals surface area contributed by atoms with Crippen LogP contribution in [0.5, 0.6) is 5.75 Å². The molecule has 1 N–H and O–H groups in total. The highest BCUT2D eigenvalue weighted by Gasteiger charge is 2.13. The Labute approximate surface area is 175 Å². The van der Waals surface area contributed by atoms with E-state index in [1.54, 1.807) is 48.7 Å². The fraction of sp³-hybridized carbons (Fsp3) is 0.100. The summed E-state index contributed by atoms with van der Waals surface area (Å²) in [4.78, 5) is 16.4. The van der Waals surface area contributed by atoms with Crippen molar-refractivity contribution in [2.75, 3.05) is 5.32 Å². The van der Waals surface area contributed by atoms with Gasteiger partial charge in [-0.1, -0.05) is 23.7 Å². The van der Waals surface area contributed by atoms with Crippen LogP contribution in [0.1, 0.15) is 16.1 Å². The van der Waals surface area contributed by atoms with Gasteiger partial charge >= 0.3 is 0 Å². The maximum Gasteiger partial charge on any atom is 0.278 e. The molecule has 0 aliphatic carbocycles. The first-order valence-electron chi connectivity index (χ1n) is 8.92. The highest BCUT2D eigenvalue weighted by atomic mass is 35.5. The molecule has 2 aromatic carbocycles. The van der Waals surface area contributed by atoms with Crippen molar-refractivity contribution in [1.29, 1.82) is 0 Å². The minimum Gasteiger partial charge on any atom is -0.471 e. The van der Waals surface area contributed by atoms with E-state index in [9.17, 15) is 9.18 Å². The van der Waals surface area contributed by atoms with Gasteiger partial charge in [-0.2, -0.15) is 5.10 Å². The van der Waals surface area contributed by atoms with Gasteiger partial charge in [0.15, 0.2) is 12.4 Å². The second-order valence-electron chi connectivity index (χ2n) is 6.32. The molecule has 2 heterocycles. The molecule has 0 atom stereocenters. The molecule has 152 valence electrons. The third-order valence-electron chi connectivity index (χ3n) is 4.05. The van der Waals surface area contributed by atoms with Crippen LogP contribution >= 0.6 is 11.6 Å². The molecule has 0 aliphatic rings. The third-order valence-corrected chi connectivity index (χ3v) is 4.30. The second-order valence-corrected chi connectivity index (χ2v) is 6.75. The van der Waals surface area contributed by atoms with Crippen molar-refractivity contribution in [2.24, 2.45) is 0 Å². The van der Waals surface area contributed by atoms with Crippen molar-refractivity contribution < 1.29 is 13.9 Å². The summed E-state index contributed by atoms with van der Waals surface area (Å²) < 4.78 is 21.8. The lowest BCUT2D eigenvalue weighted by Crippen LogP contribution is -2.15. The molecule has 0 aliphatic heterocycles. The summed E-state index contributed by atoms with van der Waals surface area (Å²) >= 11 is 5.84. The molecule has 4 aromatic rings. The van der Waals surface area contributed by atoms with Gasteiger partial charge in [0.2, 0.25) is 5.95 Å². The van der Waals surface area contributed by atoms with Gasteiger partial charge in [0, 0.05) is 11.2 Å². The molecule has 0 bridgehead atoms. The zero-order chi connectivity index (χ0) is 20.9. The molecule has 1 amide bonds. The van der Waals surface area contributed by atoms with Crippen molar-refractivity contribution in [1.82, 2.24) is 24.5 Å². The average molecular weight is 427 g/mol. The summed E-state index contributed by atoms with van der Waals surface area (Å²) in [5.74, 6) is -0.0159. The molecule has 0 saturated heterocycles. The number of halogens is 2. The fourth-order valence-corrected chi connectivity index (χ4v) is 2.77. The van der Waals surface area contributed by atoms with E-state index < -0.39 is 5.91 Å². The summed E-state index contributed by atoms with van der Waals surface area (Å²) in [7, 11) is 0. The van der Waals surface area contributed by atoms with E-state index in [-0.39, 0.29) is 24.2 Å². The number of nitrogens with one attached hydrogen (secondary N) is 1. The molecule has 2 aromatic heterocycles. The Morgan fingerprint density at radius 1 is 1.10 bits per heavy atom. The van der Waals surface area contributed by atoms with Crippen LogP contribution < -0.4 is 10.1 Å².